The van der Waals surface area contributed by atoms with Crippen LogP contribution in [0.2, 0.25) is 0 Å². The highest BCUT2D eigenvalue weighted by Gasteiger charge is 2.46. The summed E-state index contributed by atoms with van der Waals surface area (Å²) in [6.07, 6.45) is 4.30. The molecule has 0 radical (unpaired) electrons. The Morgan fingerprint density at radius 2 is 1.72 bits per heavy atom. The second kappa shape index (κ2) is 7.79. The molecule has 1 aliphatic carbocycles. The number of hydrogen-bond donors (Lipinski definition) is 0. The number of carbonyl (C=O) groups is 2. The van der Waals surface area contributed by atoms with E-state index >= 15 is 0 Å². The van der Waals surface area contributed by atoms with Crippen molar-refractivity contribution in [1.29, 1.82) is 0 Å². The SMILES string of the molecule is CC#Cc1cc(C)c(C2C(=O)CC3(C=CN(S(=O)(=O)CC)CC3)CC2=O)c(C)c1. The Kier molecular flexibility index (Phi) is 5.73. The molecule has 0 N–H and O–H groups in total. The van der Waals surface area contributed by atoms with Gasteiger partial charge in [0.1, 0.15) is 17.5 Å². The Bertz CT molecular complexity index is 1020. The van der Waals surface area contributed by atoms with Crippen LogP contribution in [0, 0.1) is 31.1 Å². The summed E-state index contributed by atoms with van der Waals surface area (Å²) in [5.74, 6) is 5.02. The molecule has 0 unspecified atom stereocenters. The first-order valence-corrected chi connectivity index (χ1v) is 11.5. The predicted octanol–water partition coefficient (Wildman–Crippen LogP) is 3.25. The molecular formula is C23H27NO4S. The van der Waals surface area contributed by atoms with Crippen molar-refractivity contribution >= 4 is 21.6 Å². The van der Waals surface area contributed by atoms with Crippen LogP contribution >= 0.6 is 0 Å². The summed E-state index contributed by atoms with van der Waals surface area (Å²) in [5.41, 5.74) is 2.92. The Morgan fingerprint density at radius 3 is 2.17 bits per heavy atom. The van der Waals surface area contributed by atoms with Crippen molar-refractivity contribution in [3.05, 3.63) is 46.7 Å². The third-order valence-corrected chi connectivity index (χ3v) is 7.74. The van der Waals surface area contributed by atoms with E-state index < -0.39 is 21.4 Å². The molecule has 3 rings (SSSR count). The lowest BCUT2D eigenvalue weighted by atomic mass is 9.64. The van der Waals surface area contributed by atoms with Crippen LogP contribution in [0.3, 0.4) is 0 Å². The Morgan fingerprint density at radius 1 is 1.14 bits per heavy atom. The van der Waals surface area contributed by atoms with Gasteiger partial charge >= 0.3 is 0 Å². The number of Topliss-reactive ketones (excluding diaryl/α,β-unsaturated/α-hetero) is 2. The number of carbonyl (C=O) groups excluding carboxylic acids is 2. The maximum absolute atomic E-state index is 13.1. The number of ketones is 2. The number of rotatable bonds is 3. The van der Waals surface area contributed by atoms with Gasteiger partial charge in [-0.2, -0.15) is 0 Å². The fourth-order valence-electron chi connectivity index (χ4n) is 4.53. The van der Waals surface area contributed by atoms with E-state index in [9.17, 15) is 18.0 Å². The van der Waals surface area contributed by atoms with E-state index in [1.54, 1.807) is 19.9 Å². The summed E-state index contributed by atoms with van der Waals surface area (Å²) in [7, 11) is -3.31. The van der Waals surface area contributed by atoms with Crippen LogP contribution in [0.25, 0.3) is 0 Å². The Balaban J connectivity index is 1.89. The van der Waals surface area contributed by atoms with Gasteiger partial charge in [-0.1, -0.05) is 12.0 Å². The maximum Gasteiger partial charge on any atom is 0.234 e. The highest BCUT2D eigenvalue weighted by molar-refractivity contribution is 7.89. The van der Waals surface area contributed by atoms with Crippen LogP contribution in [0.5, 0.6) is 0 Å². The van der Waals surface area contributed by atoms with Gasteiger partial charge in [-0.15, -0.1) is 5.92 Å². The van der Waals surface area contributed by atoms with Gasteiger partial charge in [0.15, 0.2) is 0 Å². The molecule has 5 nitrogen and oxygen atoms in total. The van der Waals surface area contributed by atoms with Crippen molar-refractivity contribution in [2.45, 2.75) is 52.9 Å². The molecule has 0 saturated heterocycles. The third kappa shape index (κ3) is 4.02. The summed E-state index contributed by atoms with van der Waals surface area (Å²) in [4.78, 5) is 26.2. The van der Waals surface area contributed by atoms with Gasteiger partial charge < -0.3 is 0 Å². The first kappa shape index (κ1) is 21.3. The quantitative estimate of drug-likeness (QED) is 0.563. The average Bonchev–Trinajstić information content (AvgIpc) is 2.64. The first-order valence-electron chi connectivity index (χ1n) is 9.90. The van der Waals surface area contributed by atoms with Crippen molar-refractivity contribution in [2.75, 3.05) is 12.3 Å². The van der Waals surface area contributed by atoms with Crippen molar-refractivity contribution in [2.24, 2.45) is 5.41 Å². The van der Waals surface area contributed by atoms with E-state index in [0.29, 0.717) is 13.0 Å². The molecule has 1 saturated carbocycles. The zero-order valence-electron chi connectivity index (χ0n) is 17.4. The fraction of sp³-hybridized carbons (Fsp3) is 0.478. The minimum atomic E-state index is -3.31. The molecule has 1 aromatic carbocycles. The molecule has 0 bridgehead atoms. The van der Waals surface area contributed by atoms with Gasteiger partial charge in [0.25, 0.3) is 0 Å². The molecule has 6 heteroatoms. The first-order chi connectivity index (χ1) is 13.6. The summed E-state index contributed by atoms with van der Waals surface area (Å²) in [6.45, 7) is 7.52. The van der Waals surface area contributed by atoms with Gasteiger partial charge in [0, 0.05) is 36.6 Å². The molecule has 1 spiro atoms. The standard InChI is InChI=1S/C23H27NO4S/c1-5-7-18-12-16(3)21(17(4)13-18)22-19(25)14-23(15-20(22)26)8-10-24(11-9-23)29(27,28)6-2/h8,10,12-13,22H,6,9,11,14-15H2,1-4H3. The molecule has 29 heavy (non-hydrogen) atoms. The van der Waals surface area contributed by atoms with E-state index in [0.717, 1.165) is 22.3 Å². The monoisotopic (exact) mass is 413 g/mol. The molecule has 154 valence electrons. The molecule has 0 aromatic heterocycles. The number of benzene rings is 1. The number of hydrogen-bond acceptors (Lipinski definition) is 4. The van der Waals surface area contributed by atoms with E-state index in [1.165, 1.54) is 10.5 Å². The Labute approximate surface area is 173 Å². The van der Waals surface area contributed by atoms with E-state index in [2.05, 4.69) is 11.8 Å². The minimum absolute atomic E-state index is 0.0290. The molecule has 1 fully saturated rings. The lowest BCUT2D eigenvalue weighted by Crippen LogP contribution is -2.43. The van der Waals surface area contributed by atoms with Crippen molar-refractivity contribution in [3.63, 3.8) is 0 Å². The molecule has 1 aliphatic heterocycles. The zero-order valence-corrected chi connectivity index (χ0v) is 18.2. The largest absolute Gasteiger partial charge is 0.298 e. The van der Waals surface area contributed by atoms with Gasteiger partial charge in [-0.3, -0.25) is 13.9 Å². The molecule has 2 aliphatic rings. The molecule has 1 aromatic rings. The fourth-order valence-corrected chi connectivity index (χ4v) is 5.48. The lowest BCUT2D eigenvalue weighted by molar-refractivity contribution is -0.135. The maximum atomic E-state index is 13.1. The zero-order chi connectivity index (χ0) is 21.4. The molecule has 1 heterocycles. The van der Waals surface area contributed by atoms with Crippen molar-refractivity contribution in [1.82, 2.24) is 4.31 Å². The minimum Gasteiger partial charge on any atom is -0.298 e. The van der Waals surface area contributed by atoms with Gasteiger partial charge in [-0.25, -0.2) is 8.42 Å². The van der Waals surface area contributed by atoms with Gasteiger partial charge in [-0.05, 0) is 62.9 Å². The number of aryl methyl sites for hydroxylation is 2. The van der Waals surface area contributed by atoms with Crippen LogP contribution in [0.1, 0.15) is 61.3 Å². The number of allylic oxidation sites excluding steroid dienone is 1. The van der Waals surface area contributed by atoms with E-state index in [-0.39, 0.29) is 30.2 Å². The number of nitrogens with zero attached hydrogens (tertiary/aromatic N) is 1. The van der Waals surface area contributed by atoms with E-state index in [1.807, 2.05) is 26.0 Å². The summed E-state index contributed by atoms with van der Waals surface area (Å²) in [5, 5.41) is 0. The number of sulfonamides is 1. The second-order valence-corrected chi connectivity index (χ2v) is 10.3. The van der Waals surface area contributed by atoms with Crippen LogP contribution < -0.4 is 0 Å². The lowest BCUT2D eigenvalue weighted by Gasteiger charge is -2.41. The summed E-state index contributed by atoms with van der Waals surface area (Å²) >= 11 is 0. The normalized spacial score (nSPS) is 24.6. The highest BCUT2D eigenvalue weighted by Crippen LogP contribution is 2.45. The second-order valence-electron chi connectivity index (χ2n) is 8.06. The van der Waals surface area contributed by atoms with Crippen LogP contribution in [0.15, 0.2) is 24.4 Å². The smallest absolute Gasteiger partial charge is 0.234 e. The average molecular weight is 414 g/mol. The molecule has 0 amide bonds. The highest BCUT2D eigenvalue weighted by atomic mass is 32.2. The summed E-state index contributed by atoms with van der Waals surface area (Å²) in [6, 6.07) is 3.86. The summed E-state index contributed by atoms with van der Waals surface area (Å²) < 4.78 is 25.5. The van der Waals surface area contributed by atoms with Crippen LogP contribution in [-0.2, 0) is 19.6 Å². The Hall–Kier alpha value is -2.39. The van der Waals surface area contributed by atoms with Crippen molar-refractivity contribution < 1.29 is 18.0 Å². The molecule has 0 atom stereocenters. The molecular weight excluding hydrogens is 386 g/mol. The van der Waals surface area contributed by atoms with Crippen LogP contribution in [-0.4, -0.2) is 36.6 Å². The topological polar surface area (TPSA) is 71.5 Å². The van der Waals surface area contributed by atoms with Crippen LogP contribution in [0.4, 0.5) is 0 Å². The van der Waals surface area contributed by atoms with E-state index in [4.69, 9.17) is 0 Å². The predicted molar refractivity (Wildman–Crippen MR) is 113 cm³/mol. The van der Waals surface area contributed by atoms with Gasteiger partial charge in [0.2, 0.25) is 10.0 Å². The third-order valence-electron chi connectivity index (χ3n) is 5.99. The van der Waals surface area contributed by atoms with Gasteiger partial charge in [0.05, 0.1) is 5.75 Å². The van der Waals surface area contributed by atoms with Crippen molar-refractivity contribution in [3.8, 4) is 11.8 Å².